The van der Waals surface area contributed by atoms with Crippen molar-refractivity contribution in [2.45, 2.75) is 20.3 Å². The van der Waals surface area contributed by atoms with Crippen LogP contribution in [0.15, 0.2) is 0 Å². The van der Waals surface area contributed by atoms with E-state index in [1.165, 1.54) is 6.42 Å². The van der Waals surface area contributed by atoms with Crippen LogP contribution in [0.5, 0.6) is 0 Å². The summed E-state index contributed by atoms with van der Waals surface area (Å²) in [6, 6.07) is 0. The van der Waals surface area contributed by atoms with Gasteiger partial charge >= 0.3 is 0 Å². The van der Waals surface area contributed by atoms with Gasteiger partial charge in [0.2, 0.25) is 17.8 Å². The van der Waals surface area contributed by atoms with Crippen LogP contribution < -0.4 is 15.1 Å². The van der Waals surface area contributed by atoms with Gasteiger partial charge in [-0.3, -0.25) is 0 Å². The molecule has 0 radical (unpaired) electrons. The van der Waals surface area contributed by atoms with Gasteiger partial charge in [-0.2, -0.15) is 15.0 Å². The van der Waals surface area contributed by atoms with Crippen LogP contribution >= 0.6 is 0 Å². The molecule has 2 heterocycles. The molecule has 0 unspecified atom stereocenters. The molecule has 1 saturated heterocycles. The molecule has 1 aromatic heterocycles. The highest BCUT2D eigenvalue weighted by molar-refractivity contribution is 5.45. The molecular formula is C12H22N6. The first-order valence-electron chi connectivity index (χ1n) is 6.27. The van der Waals surface area contributed by atoms with E-state index in [-0.39, 0.29) is 0 Å². The molecule has 18 heavy (non-hydrogen) atoms. The smallest absolute Gasteiger partial charge is 0.231 e. The number of nitrogens with one attached hydrogen (secondary N) is 1. The predicted octanol–water partition coefficient (Wildman–Crippen LogP) is 1.22. The van der Waals surface area contributed by atoms with Gasteiger partial charge in [0.1, 0.15) is 0 Å². The van der Waals surface area contributed by atoms with E-state index >= 15 is 0 Å². The molecule has 6 nitrogen and oxygen atoms in total. The Morgan fingerprint density at radius 2 is 1.94 bits per heavy atom. The molecule has 0 spiro atoms. The van der Waals surface area contributed by atoms with Crippen LogP contribution in [0.2, 0.25) is 0 Å². The molecule has 0 aliphatic carbocycles. The Hall–Kier alpha value is -1.59. The normalized spacial score (nSPS) is 17.9. The highest BCUT2D eigenvalue weighted by Gasteiger charge is 2.31. The lowest BCUT2D eigenvalue weighted by Crippen LogP contribution is -2.26. The molecular weight excluding hydrogens is 228 g/mol. The lowest BCUT2D eigenvalue weighted by atomic mass is 9.93. The van der Waals surface area contributed by atoms with Crippen molar-refractivity contribution in [2.24, 2.45) is 5.41 Å². The summed E-state index contributed by atoms with van der Waals surface area (Å²) in [6.45, 7) is 6.56. The highest BCUT2D eigenvalue weighted by atomic mass is 15.4. The summed E-state index contributed by atoms with van der Waals surface area (Å²) in [6.07, 6.45) is 1.17. The molecule has 0 atom stereocenters. The Bertz CT molecular complexity index is 429. The van der Waals surface area contributed by atoms with E-state index in [1.807, 2.05) is 26.0 Å². The van der Waals surface area contributed by atoms with Crippen LogP contribution in [0, 0.1) is 5.41 Å². The molecule has 1 fully saturated rings. The maximum atomic E-state index is 4.52. The monoisotopic (exact) mass is 250 g/mol. The summed E-state index contributed by atoms with van der Waals surface area (Å²) in [7, 11) is 5.70. The van der Waals surface area contributed by atoms with E-state index in [2.05, 4.69) is 39.0 Å². The minimum atomic E-state index is 0.338. The number of aromatic nitrogens is 3. The van der Waals surface area contributed by atoms with Crippen molar-refractivity contribution in [3.8, 4) is 0 Å². The van der Waals surface area contributed by atoms with Crippen LogP contribution in [0.3, 0.4) is 0 Å². The fourth-order valence-corrected chi connectivity index (χ4v) is 2.09. The first-order valence-corrected chi connectivity index (χ1v) is 6.27. The summed E-state index contributed by atoms with van der Waals surface area (Å²) in [5.41, 5.74) is 0.338. The fourth-order valence-electron chi connectivity index (χ4n) is 2.09. The first-order chi connectivity index (χ1) is 8.41. The van der Waals surface area contributed by atoms with Gasteiger partial charge in [-0.1, -0.05) is 13.8 Å². The average molecular weight is 250 g/mol. The SMILES string of the molecule is CNc1nc(N(C)C)nc(N2CCC(C)(C)C2)n1. The third-order valence-electron chi connectivity index (χ3n) is 3.20. The molecule has 2 rings (SSSR count). The van der Waals surface area contributed by atoms with Crippen LogP contribution in [0.25, 0.3) is 0 Å². The third kappa shape index (κ3) is 2.63. The zero-order valence-electron chi connectivity index (χ0n) is 11.9. The molecule has 1 N–H and O–H groups in total. The van der Waals surface area contributed by atoms with Crippen molar-refractivity contribution in [1.82, 2.24) is 15.0 Å². The molecule has 0 bridgehead atoms. The number of rotatable bonds is 3. The summed E-state index contributed by atoms with van der Waals surface area (Å²) < 4.78 is 0. The zero-order chi connectivity index (χ0) is 13.3. The standard InChI is InChI=1S/C12H22N6/c1-12(2)6-7-18(8-12)11-15-9(13-3)14-10(16-11)17(4)5/h6-8H2,1-5H3,(H,13,14,15,16). The highest BCUT2D eigenvalue weighted by Crippen LogP contribution is 2.31. The van der Waals surface area contributed by atoms with Crippen molar-refractivity contribution in [1.29, 1.82) is 0 Å². The molecule has 1 aliphatic rings. The topological polar surface area (TPSA) is 57.2 Å². The maximum absolute atomic E-state index is 4.52. The summed E-state index contributed by atoms with van der Waals surface area (Å²) >= 11 is 0. The van der Waals surface area contributed by atoms with Crippen LogP contribution in [0.1, 0.15) is 20.3 Å². The van der Waals surface area contributed by atoms with Gasteiger partial charge < -0.3 is 15.1 Å². The van der Waals surface area contributed by atoms with E-state index in [9.17, 15) is 0 Å². The molecule has 0 saturated carbocycles. The van der Waals surface area contributed by atoms with Crippen LogP contribution in [0.4, 0.5) is 17.8 Å². The Kier molecular flexibility index (Phi) is 3.28. The first kappa shape index (κ1) is 12.9. The second-order valence-electron chi connectivity index (χ2n) is 5.74. The predicted molar refractivity (Wildman–Crippen MR) is 74.3 cm³/mol. The number of hydrogen-bond donors (Lipinski definition) is 1. The Morgan fingerprint density at radius 3 is 2.44 bits per heavy atom. The minimum absolute atomic E-state index is 0.338. The Morgan fingerprint density at radius 1 is 1.22 bits per heavy atom. The van der Waals surface area contributed by atoms with E-state index in [0.717, 1.165) is 19.0 Å². The summed E-state index contributed by atoms with van der Waals surface area (Å²) in [4.78, 5) is 17.4. The van der Waals surface area contributed by atoms with Crippen LogP contribution in [-0.2, 0) is 0 Å². The second-order valence-corrected chi connectivity index (χ2v) is 5.74. The van der Waals surface area contributed by atoms with Crippen molar-refractivity contribution in [2.75, 3.05) is 49.3 Å². The van der Waals surface area contributed by atoms with Gasteiger partial charge in [-0.15, -0.1) is 0 Å². The fraction of sp³-hybridized carbons (Fsp3) is 0.750. The average Bonchev–Trinajstić information content (AvgIpc) is 2.69. The van der Waals surface area contributed by atoms with Crippen LogP contribution in [-0.4, -0.2) is 49.2 Å². The molecule has 100 valence electrons. The lowest BCUT2D eigenvalue weighted by molar-refractivity contribution is 0.418. The van der Waals surface area contributed by atoms with Crippen molar-refractivity contribution < 1.29 is 0 Å². The largest absolute Gasteiger partial charge is 0.357 e. The van der Waals surface area contributed by atoms with Gasteiger partial charge in [0.05, 0.1) is 0 Å². The molecule has 0 aromatic carbocycles. The second kappa shape index (κ2) is 4.59. The van der Waals surface area contributed by atoms with Crippen molar-refractivity contribution >= 4 is 17.8 Å². The molecule has 1 aromatic rings. The van der Waals surface area contributed by atoms with Gasteiger partial charge in [0.15, 0.2) is 0 Å². The molecule has 0 amide bonds. The molecule has 6 heteroatoms. The number of anilines is 3. The van der Waals surface area contributed by atoms with Gasteiger partial charge in [-0.05, 0) is 11.8 Å². The zero-order valence-corrected chi connectivity index (χ0v) is 11.9. The quantitative estimate of drug-likeness (QED) is 0.870. The minimum Gasteiger partial charge on any atom is -0.357 e. The van der Waals surface area contributed by atoms with E-state index in [0.29, 0.717) is 17.3 Å². The van der Waals surface area contributed by atoms with Gasteiger partial charge in [0.25, 0.3) is 0 Å². The van der Waals surface area contributed by atoms with Crippen molar-refractivity contribution in [3.63, 3.8) is 0 Å². The molecule has 1 aliphatic heterocycles. The lowest BCUT2D eigenvalue weighted by Gasteiger charge is -2.21. The van der Waals surface area contributed by atoms with Crippen molar-refractivity contribution in [3.05, 3.63) is 0 Å². The number of nitrogens with zero attached hydrogens (tertiary/aromatic N) is 5. The van der Waals surface area contributed by atoms with E-state index in [1.54, 1.807) is 0 Å². The Labute approximate surface area is 108 Å². The Balaban J connectivity index is 2.30. The van der Waals surface area contributed by atoms with E-state index < -0.39 is 0 Å². The summed E-state index contributed by atoms with van der Waals surface area (Å²) in [5, 5.41) is 2.99. The third-order valence-corrected chi connectivity index (χ3v) is 3.20. The maximum Gasteiger partial charge on any atom is 0.231 e. The number of hydrogen-bond acceptors (Lipinski definition) is 6. The van der Waals surface area contributed by atoms with Gasteiger partial charge in [-0.25, -0.2) is 0 Å². The van der Waals surface area contributed by atoms with E-state index in [4.69, 9.17) is 0 Å². The van der Waals surface area contributed by atoms with Gasteiger partial charge in [0, 0.05) is 34.2 Å². The summed E-state index contributed by atoms with van der Waals surface area (Å²) in [5.74, 6) is 2.08.